The molecule has 2 heterocycles. The van der Waals surface area contributed by atoms with Crippen molar-refractivity contribution < 1.29 is 29.3 Å². The standard InChI is InChI=1S/C15H14N2O3Se.C14H12N2O3Se.C3H7Br/c1-8(2)20-12-6-5-10(7-11(12)16-4)14-17-9(3)13(21-14)15(18)19;1-4-19-14(18)12-8(2)16-13(20-12)9-5-6-11(17)10(7-9)15-3;1-3(2)4/h5-8H,1-3H3,(H,18,19);5-7,17H,4H2,1-2H3;3H,1-2H3. The molecule has 0 unspecified atom stereocenters. The Morgan fingerprint density at radius 3 is 1.87 bits per heavy atom. The van der Waals surface area contributed by atoms with Gasteiger partial charge in [-0.25, -0.2) is 0 Å². The van der Waals surface area contributed by atoms with E-state index in [-0.39, 0.29) is 52.5 Å². The van der Waals surface area contributed by atoms with Crippen LogP contribution in [0.5, 0.6) is 11.5 Å². The number of carbonyl (C=O) groups is 2. The van der Waals surface area contributed by atoms with E-state index in [0.29, 0.717) is 43.1 Å². The van der Waals surface area contributed by atoms with Crippen molar-refractivity contribution in [2.24, 2.45) is 0 Å². The molecule has 0 atom stereocenters. The van der Waals surface area contributed by atoms with E-state index in [0.717, 1.165) is 20.3 Å². The molecule has 4 aromatic rings. The fourth-order valence-corrected chi connectivity index (χ4v) is 7.36. The Balaban J connectivity index is 0.000000281. The quantitative estimate of drug-likeness (QED) is 0.0852. The molecule has 2 aromatic heterocycles. The maximum absolute atomic E-state index is 11.8. The molecule has 4 rings (SSSR count). The van der Waals surface area contributed by atoms with Gasteiger partial charge in [0.2, 0.25) is 0 Å². The third kappa shape index (κ3) is 11.0. The van der Waals surface area contributed by atoms with E-state index >= 15 is 0 Å². The van der Waals surface area contributed by atoms with Gasteiger partial charge in [0.15, 0.2) is 0 Å². The van der Waals surface area contributed by atoms with Gasteiger partial charge in [-0.05, 0) is 0 Å². The molecule has 2 aromatic carbocycles. The normalized spacial score (nSPS) is 10.1. The average molecular weight is 807 g/mol. The third-order valence-electron chi connectivity index (χ3n) is 5.28. The number of hydrogen-bond acceptors (Lipinski definition) is 7. The second-order valence-electron chi connectivity index (χ2n) is 9.68. The van der Waals surface area contributed by atoms with Crippen molar-refractivity contribution in [3.05, 3.63) is 79.5 Å². The summed E-state index contributed by atoms with van der Waals surface area (Å²) in [4.78, 5) is 39.0. The van der Waals surface area contributed by atoms with E-state index in [4.69, 9.17) is 27.7 Å². The second kappa shape index (κ2) is 17.7. The minimum absolute atomic E-state index is 0.00749. The number of carboxylic acid groups (broad SMARTS) is 1. The molecule has 10 nitrogen and oxygen atoms in total. The van der Waals surface area contributed by atoms with E-state index in [1.54, 1.807) is 45.0 Å². The molecular formula is C32H33BrN4O6Se2. The number of aromatic carboxylic acids is 1. The summed E-state index contributed by atoms with van der Waals surface area (Å²) in [5.74, 6) is -0.757. The number of esters is 1. The van der Waals surface area contributed by atoms with E-state index < -0.39 is 5.97 Å². The number of carboxylic acids is 1. The molecule has 236 valence electrons. The van der Waals surface area contributed by atoms with E-state index in [2.05, 4.69) is 49.4 Å². The summed E-state index contributed by atoms with van der Waals surface area (Å²) in [7, 11) is 0. The third-order valence-corrected chi connectivity index (χ3v) is 10.3. The number of rotatable bonds is 7. The Labute approximate surface area is 283 Å². The Hall–Kier alpha value is -3.70. The van der Waals surface area contributed by atoms with Crippen LogP contribution < -0.4 is 4.74 Å². The topological polar surface area (TPSA) is 128 Å². The van der Waals surface area contributed by atoms with Crippen molar-refractivity contribution >= 4 is 68.3 Å². The predicted molar refractivity (Wildman–Crippen MR) is 180 cm³/mol. The van der Waals surface area contributed by atoms with Crippen LogP contribution in [0.25, 0.3) is 30.0 Å². The minimum atomic E-state index is -0.920. The number of aromatic nitrogens is 2. The first-order valence-electron chi connectivity index (χ1n) is 13.6. The van der Waals surface area contributed by atoms with Gasteiger partial charge in [0.1, 0.15) is 0 Å². The summed E-state index contributed by atoms with van der Waals surface area (Å²) < 4.78 is 13.1. The number of halogens is 1. The zero-order valence-corrected chi connectivity index (χ0v) is 30.8. The Morgan fingerprint density at radius 2 is 1.40 bits per heavy atom. The van der Waals surface area contributed by atoms with Crippen LogP contribution >= 0.6 is 15.9 Å². The molecule has 0 aliphatic rings. The number of carbonyl (C=O) groups excluding carboxylic acids is 1. The second-order valence-corrected chi connectivity index (χ2v) is 15.7. The van der Waals surface area contributed by atoms with Crippen LogP contribution in [-0.4, -0.2) is 78.7 Å². The van der Waals surface area contributed by atoms with Crippen molar-refractivity contribution in [2.75, 3.05) is 6.61 Å². The van der Waals surface area contributed by atoms with Crippen LogP contribution in [0.2, 0.25) is 0 Å². The first-order chi connectivity index (χ1) is 21.2. The van der Waals surface area contributed by atoms with Gasteiger partial charge in [-0.3, -0.25) is 0 Å². The molecular weight excluding hydrogens is 774 g/mol. The van der Waals surface area contributed by atoms with Crippen molar-refractivity contribution in [2.45, 2.75) is 59.4 Å². The summed E-state index contributed by atoms with van der Waals surface area (Å²) >= 11 is 2.69. The van der Waals surface area contributed by atoms with Gasteiger partial charge >= 0.3 is 250 Å². The zero-order valence-electron chi connectivity index (χ0n) is 25.8. The molecule has 0 radical (unpaired) electrons. The number of ether oxygens (including phenoxy) is 2. The molecule has 0 amide bonds. The Morgan fingerprint density at radius 1 is 0.911 bits per heavy atom. The number of hydrogen-bond donors (Lipinski definition) is 2. The monoisotopic (exact) mass is 808 g/mol. The summed E-state index contributed by atoms with van der Waals surface area (Å²) in [6, 6.07) is 10.0. The fourth-order valence-electron chi connectivity index (χ4n) is 3.46. The number of benzene rings is 2. The van der Waals surface area contributed by atoms with Crippen LogP contribution in [0.15, 0.2) is 36.4 Å². The van der Waals surface area contributed by atoms with Crippen molar-refractivity contribution in [1.82, 2.24) is 9.97 Å². The molecule has 0 spiro atoms. The summed E-state index contributed by atoms with van der Waals surface area (Å²) in [6.45, 7) is 27.8. The summed E-state index contributed by atoms with van der Waals surface area (Å²) in [5.41, 5.74) is 3.35. The number of alkyl halides is 1. The van der Waals surface area contributed by atoms with Crippen LogP contribution in [0.1, 0.15) is 64.5 Å². The molecule has 0 aliphatic heterocycles. The van der Waals surface area contributed by atoms with Crippen LogP contribution in [0.4, 0.5) is 11.4 Å². The first kappa shape index (κ1) is 37.5. The molecule has 0 saturated heterocycles. The Kier molecular flexibility index (Phi) is 14.7. The number of aromatic hydroxyl groups is 1. The first-order valence-corrected chi connectivity index (χ1v) is 17.9. The molecule has 0 saturated carbocycles. The number of nitrogens with zero attached hydrogens (tertiary/aromatic N) is 4. The maximum atomic E-state index is 11.8. The van der Waals surface area contributed by atoms with Crippen LogP contribution in [-0.2, 0) is 4.74 Å². The van der Waals surface area contributed by atoms with E-state index in [1.165, 1.54) is 6.07 Å². The van der Waals surface area contributed by atoms with Crippen molar-refractivity contribution in [3.63, 3.8) is 0 Å². The molecule has 0 fully saturated rings. The SMILES string of the molecule is CC(C)Br.[C-]#[N+]c1cc(-c2nc(C)c(C(=O)O)[se]2)ccc1OC(C)C.[C-]#[N+]c1cc(-c2nc(C)c(C(=O)OCC)[se]2)ccc1O. The van der Waals surface area contributed by atoms with E-state index in [9.17, 15) is 14.7 Å². The summed E-state index contributed by atoms with van der Waals surface area (Å²) in [6.07, 6.45) is -0.00749. The van der Waals surface area contributed by atoms with Gasteiger partial charge in [-0.2, -0.15) is 0 Å². The number of aryl methyl sites for hydroxylation is 2. The van der Waals surface area contributed by atoms with Gasteiger partial charge < -0.3 is 0 Å². The molecule has 45 heavy (non-hydrogen) atoms. The van der Waals surface area contributed by atoms with Crippen LogP contribution in [0, 0.1) is 27.0 Å². The fraction of sp³-hybridized carbons (Fsp3) is 0.312. The number of phenolic OH excluding ortho intramolecular Hbond substituents is 1. The van der Waals surface area contributed by atoms with Gasteiger partial charge in [-0.1, -0.05) is 29.8 Å². The molecule has 13 heteroatoms. The molecule has 0 aliphatic carbocycles. The van der Waals surface area contributed by atoms with Gasteiger partial charge in [0.05, 0.1) is 0 Å². The Bertz CT molecular complexity index is 1730. The molecule has 0 bridgehead atoms. The molecule has 2 N–H and O–H groups in total. The van der Waals surface area contributed by atoms with E-state index in [1.807, 2.05) is 19.9 Å². The predicted octanol–water partition coefficient (Wildman–Crippen LogP) is 7.49. The van der Waals surface area contributed by atoms with Crippen molar-refractivity contribution in [1.29, 1.82) is 0 Å². The van der Waals surface area contributed by atoms with Gasteiger partial charge in [0.25, 0.3) is 0 Å². The zero-order chi connectivity index (χ0) is 33.8. The van der Waals surface area contributed by atoms with Crippen molar-refractivity contribution in [3.8, 4) is 31.8 Å². The van der Waals surface area contributed by atoms with Gasteiger partial charge in [-0.15, -0.1) is 0 Å². The summed E-state index contributed by atoms with van der Waals surface area (Å²) in [5, 5.41) is 18.6. The average Bonchev–Trinajstić information content (AvgIpc) is 3.56. The number of phenols is 1. The van der Waals surface area contributed by atoms with Gasteiger partial charge in [0, 0.05) is 4.83 Å². The van der Waals surface area contributed by atoms with Crippen LogP contribution in [0.3, 0.4) is 0 Å².